The van der Waals surface area contributed by atoms with Crippen LogP contribution in [0.5, 0.6) is 0 Å². The number of carboxylic acid groups (broad SMARTS) is 1. The molecule has 2 N–H and O–H groups in total. The molecule has 0 aliphatic carbocycles. The van der Waals surface area contributed by atoms with Gasteiger partial charge in [0.05, 0.1) is 5.69 Å². The molecular weight excluding hydrogens is 272 g/mol. The van der Waals surface area contributed by atoms with Crippen molar-refractivity contribution < 1.29 is 14.7 Å². The molecule has 2 heterocycles. The first-order chi connectivity index (χ1) is 10.0. The minimum atomic E-state index is -0.930. The van der Waals surface area contributed by atoms with Crippen molar-refractivity contribution in [1.29, 1.82) is 0 Å². The van der Waals surface area contributed by atoms with E-state index in [0.717, 1.165) is 30.5 Å². The number of rotatable bonds is 4. The van der Waals surface area contributed by atoms with Gasteiger partial charge in [-0.05, 0) is 25.7 Å². The van der Waals surface area contributed by atoms with Crippen LogP contribution in [-0.4, -0.2) is 44.4 Å². The molecule has 7 nitrogen and oxygen atoms in total. The number of aryl methyl sites for hydroxylation is 2. The highest BCUT2D eigenvalue weighted by Gasteiger charge is 2.31. The highest BCUT2D eigenvalue weighted by molar-refractivity contribution is 5.82. The van der Waals surface area contributed by atoms with Crippen molar-refractivity contribution >= 4 is 12.0 Å². The van der Waals surface area contributed by atoms with E-state index in [9.17, 15) is 14.7 Å². The highest BCUT2D eigenvalue weighted by Crippen LogP contribution is 2.17. The first-order valence-corrected chi connectivity index (χ1v) is 7.31. The van der Waals surface area contributed by atoms with E-state index in [2.05, 4.69) is 10.4 Å². The summed E-state index contributed by atoms with van der Waals surface area (Å²) in [4.78, 5) is 24.9. The topological polar surface area (TPSA) is 87.5 Å². The lowest BCUT2D eigenvalue weighted by Crippen LogP contribution is -2.51. The van der Waals surface area contributed by atoms with Gasteiger partial charge in [0.25, 0.3) is 0 Å². The summed E-state index contributed by atoms with van der Waals surface area (Å²) in [7, 11) is 1.84. The van der Waals surface area contributed by atoms with Crippen LogP contribution in [0.4, 0.5) is 4.79 Å². The Labute approximate surface area is 123 Å². The molecule has 1 unspecified atom stereocenters. The third-order valence-corrected chi connectivity index (χ3v) is 3.81. The number of hydrogen-bond donors (Lipinski definition) is 2. The molecule has 1 fully saturated rings. The maximum atomic E-state index is 12.2. The van der Waals surface area contributed by atoms with Crippen molar-refractivity contribution in [3.8, 4) is 0 Å². The lowest BCUT2D eigenvalue weighted by molar-refractivity contribution is -0.143. The van der Waals surface area contributed by atoms with Crippen LogP contribution in [-0.2, 0) is 24.8 Å². The molecule has 0 spiro atoms. The number of nitrogens with one attached hydrogen (secondary N) is 1. The van der Waals surface area contributed by atoms with Gasteiger partial charge in [-0.25, -0.2) is 9.59 Å². The number of carbonyl (C=O) groups excluding carboxylic acids is 1. The maximum absolute atomic E-state index is 12.2. The molecule has 0 aromatic carbocycles. The smallest absolute Gasteiger partial charge is 0.326 e. The van der Waals surface area contributed by atoms with Crippen molar-refractivity contribution in [1.82, 2.24) is 20.0 Å². The summed E-state index contributed by atoms with van der Waals surface area (Å²) in [6.07, 6.45) is 4.90. The number of amides is 2. The summed E-state index contributed by atoms with van der Waals surface area (Å²) in [6.45, 7) is 2.88. The number of likely N-dealkylation sites (tertiary alicyclic amines) is 1. The van der Waals surface area contributed by atoms with Gasteiger partial charge < -0.3 is 15.3 Å². The van der Waals surface area contributed by atoms with E-state index in [1.165, 1.54) is 4.90 Å². The predicted octanol–water partition coefficient (Wildman–Crippen LogP) is 1.13. The molecule has 1 aromatic heterocycles. The number of aromatic nitrogens is 2. The Morgan fingerprint density at radius 3 is 2.90 bits per heavy atom. The zero-order chi connectivity index (χ0) is 15.4. The van der Waals surface area contributed by atoms with Crippen LogP contribution in [0.25, 0.3) is 0 Å². The number of aliphatic carboxylic acids is 1. The van der Waals surface area contributed by atoms with Crippen LogP contribution in [0.2, 0.25) is 0 Å². The number of hydrogen-bond acceptors (Lipinski definition) is 3. The molecule has 0 saturated carbocycles. The second kappa shape index (κ2) is 6.60. The molecule has 21 heavy (non-hydrogen) atoms. The first-order valence-electron chi connectivity index (χ1n) is 7.31. The van der Waals surface area contributed by atoms with Crippen molar-refractivity contribution in [2.75, 3.05) is 6.54 Å². The normalized spacial score (nSPS) is 18.6. The van der Waals surface area contributed by atoms with Gasteiger partial charge >= 0.3 is 12.0 Å². The largest absolute Gasteiger partial charge is 0.480 e. The van der Waals surface area contributed by atoms with Crippen LogP contribution in [0, 0.1) is 0 Å². The zero-order valence-corrected chi connectivity index (χ0v) is 12.5. The number of piperidine rings is 1. The van der Waals surface area contributed by atoms with E-state index in [1.807, 2.05) is 20.2 Å². The van der Waals surface area contributed by atoms with Gasteiger partial charge in [-0.2, -0.15) is 5.10 Å². The molecule has 1 saturated heterocycles. The second-order valence-corrected chi connectivity index (χ2v) is 5.33. The van der Waals surface area contributed by atoms with Gasteiger partial charge in [0.15, 0.2) is 0 Å². The molecular formula is C14H22N4O3. The minimum Gasteiger partial charge on any atom is -0.480 e. The Morgan fingerprint density at radius 1 is 1.48 bits per heavy atom. The predicted molar refractivity (Wildman–Crippen MR) is 76.8 cm³/mol. The second-order valence-electron chi connectivity index (χ2n) is 5.33. The lowest BCUT2D eigenvalue weighted by Gasteiger charge is -2.32. The fraction of sp³-hybridized carbons (Fsp3) is 0.643. The fourth-order valence-corrected chi connectivity index (χ4v) is 2.73. The Kier molecular flexibility index (Phi) is 4.82. The van der Waals surface area contributed by atoms with Gasteiger partial charge in [0.1, 0.15) is 6.04 Å². The Bertz CT molecular complexity index is 526. The summed E-state index contributed by atoms with van der Waals surface area (Å²) < 4.78 is 1.72. The maximum Gasteiger partial charge on any atom is 0.326 e. The van der Waals surface area contributed by atoms with E-state index >= 15 is 0 Å². The Balaban J connectivity index is 1.98. The van der Waals surface area contributed by atoms with Crippen LogP contribution >= 0.6 is 0 Å². The van der Waals surface area contributed by atoms with Crippen molar-refractivity contribution in [3.05, 3.63) is 17.5 Å². The number of carbonyl (C=O) groups is 2. The van der Waals surface area contributed by atoms with Crippen molar-refractivity contribution in [2.45, 2.75) is 45.2 Å². The van der Waals surface area contributed by atoms with Gasteiger partial charge in [-0.3, -0.25) is 4.68 Å². The first kappa shape index (κ1) is 15.3. The number of nitrogens with zero attached hydrogens (tertiary/aromatic N) is 3. The summed E-state index contributed by atoms with van der Waals surface area (Å²) in [5.41, 5.74) is 1.92. The standard InChI is InChI=1S/C14H22N4O3/c1-3-11-10(9-17(2)16-11)8-15-14(21)18-7-5-4-6-12(18)13(19)20/h9,12H,3-8H2,1-2H3,(H,15,21)(H,19,20). The van der Waals surface area contributed by atoms with Crippen LogP contribution in [0.3, 0.4) is 0 Å². The van der Waals surface area contributed by atoms with Gasteiger partial charge in [0.2, 0.25) is 0 Å². The highest BCUT2D eigenvalue weighted by atomic mass is 16.4. The SMILES string of the molecule is CCc1nn(C)cc1CNC(=O)N1CCCCC1C(=O)O. The van der Waals surface area contributed by atoms with Crippen molar-refractivity contribution in [3.63, 3.8) is 0 Å². The molecule has 1 aromatic rings. The zero-order valence-electron chi connectivity index (χ0n) is 12.5. The van der Waals surface area contributed by atoms with E-state index in [0.29, 0.717) is 19.5 Å². The van der Waals surface area contributed by atoms with E-state index < -0.39 is 12.0 Å². The molecule has 7 heteroatoms. The molecule has 2 rings (SSSR count). The van der Waals surface area contributed by atoms with Crippen LogP contribution in [0.15, 0.2) is 6.20 Å². The quantitative estimate of drug-likeness (QED) is 0.871. The summed E-state index contributed by atoms with van der Waals surface area (Å²) in [5, 5.41) is 16.3. The molecule has 0 bridgehead atoms. The number of carboxylic acids is 1. The third kappa shape index (κ3) is 3.53. The average Bonchev–Trinajstić information content (AvgIpc) is 2.84. The average molecular weight is 294 g/mol. The van der Waals surface area contributed by atoms with Gasteiger partial charge in [-0.1, -0.05) is 6.92 Å². The molecule has 0 radical (unpaired) electrons. The minimum absolute atomic E-state index is 0.312. The third-order valence-electron chi connectivity index (χ3n) is 3.81. The molecule has 1 aliphatic heterocycles. The Morgan fingerprint density at radius 2 is 2.24 bits per heavy atom. The van der Waals surface area contributed by atoms with E-state index in [-0.39, 0.29) is 6.03 Å². The van der Waals surface area contributed by atoms with Crippen LogP contribution in [0.1, 0.15) is 37.4 Å². The monoisotopic (exact) mass is 294 g/mol. The van der Waals surface area contributed by atoms with Crippen LogP contribution < -0.4 is 5.32 Å². The molecule has 1 aliphatic rings. The summed E-state index contributed by atoms with van der Waals surface area (Å²) in [6, 6.07) is -1.02. The van der Waals surface area contributed by atoms with Crippen molar-refractivity contribution in [2.24, 2.45) is 7.05 Å². The van der Waals surface area contributed by atoms with E-state index in [1.54, 1.807) is 4.68 Å². The molecule has 1 atom stereocenters. The summed E-state index contributed by atoms with van der Waals surface area (Å²) in [5.74, 6) is -0.930. The van der Waals surface area contributed by atoms with Gasteiger partial charge in [0, 0.05) is 31.9 Å². The number of urea groups is 1. The fourth-order valence-electron chi connectivity index (χ4n) is 2.73. The summed E-state index contributed by atoms with van der Waals surface area (Å²) >= 11 is 0. The van der Waals surface area contributed by atoms with E-state index in [4.69, 9.17) is 0 Å². The lowest BCUT2D eigenvalue weighted by atomic mass is 10.0. The van der Waals surface area contributed by atoms with Gasteiger partial charge in [-0.15, -0.1) is 0 Å². The Hall–Kier alpha value is -2.05. The molecule has 2 amide bonds. The molecule has 116 valence electrons.